The molecule has 0 aromatic carbocycles. The number of unbranched alkanes of at least 4 members (excludes halogenated alkanes) is 1. The summed E-state index contributed by atoms with van der Waals surface area (Å²) in [5, 5.41) is 12.9. The molecule has 0 heterocycles. The molecule has 0 saturated carbocycles. The molecule has 116 valence electrons. The minimum Gasteiger partial charge on any atom is -0.389 e. The van der Waals surface area contributed by atoms with E-state index in [1.807, 2.05) is 0 Å². The van der Waals surface area contributed by atoms with Crippen LogP contribution >= 0.6 is 0 Å². The van der Waals surface area contributed by atoms with Gasteiger partial charge in [0.05, 0.1) is 12.7 Å². The fourth-order valence-corrected chi connectivity index (χ4v) is 1.94. The van der Waals surface area contributed by atoms with Crippen molar-refractivity contribution in [3.05, 3.63) is 0 Å². The Morgan fingerprint density at radius 2 is 1.95 bits per heavy atom. The van der Waals surface area contributed by atoms with Crippen molar-refractivity contribution in [3.63, 3.8) is 0 Å². The van der Waals surface area contributed by atoms with Crippen LogP contribution in [-0.2, 0) is 9.47 Å². The number of hydrogen-bond acceptors (Lipinski definition) is 4. The van der Waals surface area contributed by atoms with Gasteiger partial charge in [-0.05, 0) is 25.3 Å². The Bertz CT molecular complexity index is 179. The highest BCUT2D eigenvalue weighted by molar-refractivity contribution is 4.60. The Labute approximate surface area is 118 Å². The van der Waals surface area contributed by atoms with Gasteiger partial charge in [0.1, 0.15) is 0 Å². The number of hydrogen-bond donors (Lipinski definition) is 2. The molecule has 0 spiro atoms. The quantitative estimate of drug-likeness (QED) is 0.477. The Morgan fingerprint density at radius 1 is 1.16 bits per heavy atom. The normalized spacial score (nSPS) is 14.5. The molecular weight excluding hydrogens is 242 g/mol. The number of rotatable bonds is 14. The van der Waals surface area contributed by atoms with Crippen LogP contribution in [0.5, 0.6) is 0 Å². The highest BCUT2D eigenvalue weighted by Crippen LogP contribution is 2.12. The molecule has 0 aromatic rings. The third kappa shape index (κ3) is 12.6. The summed E-state index contributed by atoms with van der Waals surface area (Å²) in [4.78, 5) is 0. The predicted octanol–water partition coefficient (Wildman–Crippen LogP) is 2.21. The average molecular weight is 275 g/mol. The lowest BCUT2D eigenvalue weighted by Crippen LogP contribution is -2.32. The first-order chi connectivity index (χ1) is 9.24. The van der Waals surface area contributed by atoms with Crippen LogP contribution in [0.15, 0.2) is 0 Å². The van der Waals surface area contributed by atoms with Gasteiger partial charge in [-0.3, -0.25) is 0 Å². The minimum atomic E-state index is -0.411. The molecule has 4 nitrogen and oxygen atoms in total. The fourth-order valence-electron chi connectivity index (χ4n) is 1.94. The van der Waals surface area contributed by atoms with Crippen LogP contribution in [-0.4, -0.2) is 51.2 Å². The van der Waals surface area contributed by atoms with Crippen LogP contribution in [0.25, 0.3) is 0 Å². The Morgan fingerprint density at radius 3 is 2.58 bits per heavy atom. The van der Waals surface area contributed by atoms with Crippen molar-refractivity contribution < 1.29 is 14.6 Å². The maximum Gasteiger partial charge on any atom is 0.0897 e. The van der Waals surface area contributed by atoms with Gasteiger partial charge in [-0.2, -0.15) is 0 Å². The maximum atomic E-state index is 9.75. The van der Waals surface area contributed by atoms with Crippen molar-refractivity contribution >= 4 is 0 Å². The molecule has 0 amide bonds. The molecular formula is C15H33NO3. The second-order valence-corrected chi connectivity index (χ2v) is 5.16. The van der Waals surface area contributed by atoms with Crippen molar-refractivity contribution in [1.82, 2.24) is 5.32 Å². The largest absolute Gasteiger partial charge is 0.389 e. The number of nitrogens with one attached hydrogen (secondary N) is 1. The molecule has 0 aliphatic heterocycles. The summed E-state index contributed by atoms with van der Waals surface area (Å²) in [5.41, 5.74) is 0. The number of ether oxygens (including phenoxy) is 2. The average Bonchev–Trinajstić information content (AvgIpc) is 2.42. The molecule has 0 aliphatic carbocycles. The summed E-state index contributed by atoms with van der Waals surface area (Å²) in [7, 11) is 1.70. The lowest BCUT2D eigenvalue weighted by atomic mass is 10.0. The SMILES string of the molecule is CCCCC(CC)COCC(O)CNCCCOC. The van der Waals surface area contributed by atoms with Crippen molar-refractivity contribution in [2.24, 2.45) is 5.92 Å². The standard InChI is InChI=1S/C15H33NO3/c1-4-6-8-14(5-2)12-19-13-15(17)11-16-9-7-10-18-3/h14-17H,4-13H2,1-3H3. The number of aliphatic hydroxyl groups excluding tert-OH is 1. The number of methoxy groups -OCH3 is 1. The van der Waals surface area contributed by atoms with E-state index >= 15 is 0 Å². The van der Waals surface area contributed by atoms with E-state index in [4.69, 9.17) is 9.47 Å². The van der Waals surface area contributed by atoms with E-state index in [1.54, 1.807) is 7.11 Å². The molecule has 2 atom stereocenters. The van der Waals surface area contributed by atoms with Gasteiger partial charge >= 0.3 is 0 Å². The lowest BCUT2D eigenvalue weighted by molar-refractivity contribution is 0.0192. The Kier molecular flexibility index (Phi) is 14.1. The first-order valence-electron chi connectivity index (χ1n) is 7.70. The van der Waals surface area contributed by atoms with Crippen LogP contribution in [0.1, 0.15) is 46.0 Å². The summed E-state index contributed by atoms with van der Waals surface area (Å²) >= 11 is 0. The van der Waals surface area contributed by atoms with Gasteiger partial charge in [0.15, 0.2) is 0 Å². The molecule has 19 heavy (non-hydrogen) atoms. The minimum absolute atomic E-state index is 0.411. The first kappa shape index (κ1) is 18.8. The molecule has 0 saturated heterocycles. The monoisotopic (exact) mass is 275 g/mol. The first-order valence-corrected chi connectivity index (χ1v) is 7.70. The van der Waals surface area contributed by atoms with E-state index in [0.29, 0.717) is 19.1 Å². The summed E-state index contributed by atoms with van der Waals surface area (Å²) in [6.07, 6.45) is 5.46. The van der Waals surface area contributed by atoms with Gasteiger partial charge in [-0.25, -0.2) is 0 Å². The topological polar surface area (TPSA) is 50.7 Å². The van der Waals surface area contributed by atoms with Crippen molar-refractivity contribution in [2.45, 2.75) is 52.1 Å². The molecule has 0 aromatic heterocycles. The summed E-state index contributed by atoms with van der Waals surface area (Å²) in [6.45, 7) is 7.85. The summed E-state index contributed by atoms with van der Waals surface area (Å²) < 4.78 is 10.6. The van der Waals surface area contributed by atoms with E-state index in [-0.39, 0.29) is 0 Å². The highest BCUT2D eigenvalue weighted by atomic mass is 16.5. The highest BCUT2D eigenvalue weighted by Gasteiger charge is 2.08. The van der Waals surface area contributed by atoms with Crippen LogP contribution in [0, 0.1) is 5.92 Å². The molecule has 2 unspecified atom stereocenters. The molecule has 4 heteroatoms. The fraction of sp³-hybridized carbons (Fsp3) is 1.00. The molecule has 0 bridgehead atoms. The zero-order valence-corrected chi connectivity index (χ0v) is 13.0. The van der Waals surface area contributed by atoms with Crippen LogP contribution < -0.4 is 5.32 Å². The van der Waals surface area contributed by atoms with E-state index in [1.165, 1.54) is 19.3 Å². The Balaban J connectivity index is 3.42. The lowest BCUT2D eigenvalue weighted by Gasteiger charge is -2.17. The molecule has 0 rings (SSSR count). The van der Waals surface area contributed by atoms with Crippen LogP contribution in [0.3, 0.4) is 0 Å². The van der Waals surface area contributed by atoms with Crippen LogP contribution in [0.2, 0.25) is 0 Å². The Hall–Kier alpha value is -0.160. The molecule has 0 radical (unpaired) electrons. The third-order valence-corrected chi connectivity index (χ3v) is 3.29. The van der Waals surface area contributed by atoms with Gasteiger partial charge < -0.3 is 19.9 Å². The van der Waals surface area contributed by atoms with Gasteiger partial charge in [-0.1, -0.05) is 33.1 Å². The van der Waals surface area contributed by atoms with E-state index < -0.39 is 6.10 Å². The van der Waals surface area contributed by atoms with Gasteiger partial charge in [-0.15, -0.1) is 0 Å². The zero-order chi connectivity index (χ0) is 14.3. The molecule has 2 N–H and O–H groups in total. The van der Waals surface area contributed by atoms with Gasteiger partial charge in [0.2, 0.25) is 0 Å². The second-order valence-electron chi connectivity index (χ2n) is 5.16. The van der Waals surface area contributed by atoms with Gasteiger partial charge in [0.25, 0.3) is 0 Å². The zero-order valence-electron chi connectivity index (χ0n) is 13.0. The predicted molar refractivity (Wildman–Crippen MR) is 79.5 cm³/mol. The smallest absolute Gasteiger partial charge is 0.0897 e. The van der Waals surface area contributed by atoms with E-state index in [9.17, 15) is 5.11 Å². The number of aliphatic hydroxyl groups is 1. The van der Waals surface area contributed by atoms with Crippen molar-refractivity contribution in [2.75, 3.05) is 40.0 Å². The third-order valence-electron chi connectivity index (χ3n) is 3.29. The van der Waals surface area contributed by atoms with E-state index in [2.05, 4.69) is 19.2 Å². The maximum absolute atomic E-state index is 9.75. The second kappa shape index (κ2) is 14.3. The summed E-state index contributed by atoms with van der Waals surface area (Å²) in [5.74, 6) is 0.641. The van der Waals surface area contributed by atoms with E-state index in [0.717, 1.165) is 32.6 Å². The molecule has 0 aliphatic rings. The van der Waals surface area contributed by atoms with Crippen molar-refractivity contribution in [1.29, 1.82) is 0 Å². The van der Waals surface area contributed by atoms with Gasteiger partial charge in [0, 0.05) is 26.9 Å². The molecule has 0 fully saturated rings. The van der Waals surface area contributed by atoms with Crippen molar-refractivity contribution in [3.8, 4) is 0 Å². The summed E-state index contributed by atoms with van der Waals surface area (Å²) in [6, 6.07) is 0. The van der Waals surface area contributed by atoms with Crippen LogP contribution in [0.4, 0.5) is 0 Å².